The van der Waals surface area contributed by atoms with Crippen LogP contribution in [0.5, 0.6) is 0 Å². The average molecular weight is 362 g/mol. The predicted octanol–water partition coefficient (Wildman–Crippen LogP) is 2.40. The van der Waals surface area contributed by atoms with Crippen molar-refractivity contribution < 1.29 is 14.1 Å². The molecule has 1 aromatic carbocycles. The molecule has 0 unspecified atom stereocenters. The van der Waals surface area contributed by atoms with Crippen LogP contribution in [0.1, 0.15) is 4.88 Å². The molecule has 0 aliphatic rings. The zero-order valence-electron chi connectivity index (χ0n) is 12.8. The summed E-state index contributed by atoms with van der Waals surface area (Å²) in [5.41, 5.74) is 1.39. The topological polar surface area (TPSA) is 116 Å². The van der Waals surface area contributed by atoms with Gasteiger partial charge in [-0.3, -0.25) is 4.79 Å². The quantitative estimate of drug-likeness (QED) is 0.550. The molecule has 0 aliphatic carbocycles. The van der Waals surface area contributed by atoms with E-state index in [1.807, 2.05) is 6.92 Å². The molecule has 11 heteroatoms. The average Bonchev–Trinajstić information content (AvgIpc) is 3.15. The first-order valence-corrected chi connectivity index (χ1v) is 7.81. The standard InChI is InChI=1S/C14H11FN6O3S/c1-8-12(9-2-4-10(15)5-3-9)18-14(25-8)17-11(22)6-20-7-16-13(19-20)21(23)24/h2-5,7H,6H2,1H3,(H,17,18,22). The summed E-state index contributed by atoms with van der Waals surface area (Å²) in [4.78, 5) is 30.5. The lowest BCUT2D eigenvalue weighted by molar-refractivity contribution is -0.394. The highest BCUT2D eigenvalue weighted by atomic mass is 32.1. The Morgan fingerprint density at radius 3 is 2.76 bits per heavy atom. The maximum atomic E-state index is 13.0. The van der Waals surface area contributed by atoms with Gasteiger partial charge in [0.15, 0.2) is 5.13 Å². The molecule has 3 aromatic rings. The Hall–Kier alpha value is -3.21. The number of nitro groups is 1. The first kappa shape index (κ1) is 16.6. The van der Waals surface area contributed by atoms with Crippen molar-refractivity contribution in [2.75, 3.05) is 5.32 Å². The molecule has 0 spiro atoms. The van der Waals surface area contributed by atoms with Crippen molar-refractivity contribution in [3.63, 3.8) is 0 Å². The minimum absolute atomic E-state index is 0.231. The molecule has 9 nitrogen and oxygen atoms in total. The maximum Gasteiger partial charge on any atom is 0.490 e. The summed E-state index contributed by atoms with van der Waals surface area (Å²) in [6.07, 6.45) is 1.11. The Balaban J connectivity index is 1.70. The highest BCUT2D eigenvalue weighted by Gasteiger charge is 2.17. The summed E-state index contributed by atoms with van der Waals surface area (Å²) in [5.74, 6) is -1.36. The Bertz CT molecular complexity index is 936. The Labute approximate surface area is 144 Å². The molecule has 0 radical (unpaired) electrons. The zero-order chi connectivity index (χ0) is 18.0. The largest absolute Gasteiger partial charge is 0.490 e. The zero-order valence-corrected chi connectivity index (χ0v) is 13.7. The molecule has 0 bridgehead atoms. The van der Waals surface area contributed by atoms with Gasteiger partial charge in [-0.15, -0.1) is 11.3 Å². The molecule has 1 N–H and O–H groups in total. The number of aryl methyl sites for hydroxylation is 1. The number of nitrogens with zero attached hydrogens (tertiary/aromatic N) is 5. The molecule has 128 valence electrons. The Kier molecular flexibility index (Phi) is 4.48. The number of amides is 1. The van der Waals surface area contributed by atoms with Crippen molar-refractivity contribution in [1.29, 1.82) is 0 Å². The summed E-state index contributed by atoms with van der Waals surface area (Å²) < 4.78 is 14.1. The van der Waals surface area contributed by atoms with Gasteiger partial charge in [0, 0.05) is 15.5 Å². The van der Waals surface area contributed by atoms with Crippen LogP contribution >= 0.6 is 11.3 Å². The minimum atomic E-state index is -0.742. The van der Waals surface area contributed by atoms with Crippen molar-refractivity contribution in [3.05, 3.63) is 51.4 Å². The van der Waals surface area contributed by atoms with E-state index in [-0.39, 0.29) is 12.4 Å². The highest BCUT2D eigenvalue weighted by Crippen LogP contribution is 2.30. The van der Waals surface area contributed by atoms with Crippen LogP contribution in [0, 0.1) is 22.9 Å². The van der Waals surface area contributed by atoms with Crippen LogP contribution in [0.3, 0.4) is 0 Å². The lowest BCUT2D eigenvalue weighted by Crippen LogP contribution is -2.19. The summed E-state index contributed by atoms with van der Waals surface area (Å²) in [6.45, 7) is 1.61. The summed E-state index contributed by atoms with van der Waals surface area (Å²) >= 11 is 1.27. The second kappa shape index (κ2) is 6.73. The van der Waals surface area contributed by atoms with Crippen LogP contribution in [0.15, 0.2) is 30.6 Å². The van der Waals surface area contributed by atoms with E-state index in [4.69, 9.17) is 0 Å². The predicted molar refractivity (Wildman–Crippen MR) is 87.6 cm³/mol. The smallest absolute Gasteiger partial charge is 0.390 e. The lowest BCUT2D eigenvalue weighted by Gasteiger charge is -1.99. The number of hydrogen-bond acceptors (Lipinski definition) is 7. The second-order valence-corrected chi connectivity index (χ2v) is 6.18. The molecular weight excluding hydrogens is 351 g/mol. The van der Waals surface area contributed by atoms with E-state index >= 15 is 0 Å². The number of nitrogens with one attached hydrogen (secondary N) is 1. The van der Waals surface area contributed by atoms with Gasteiger partial charge in [0.1, 0.15) is 12.4 Å². The minimum Gasteiger partial charge on any atom is -0.390 e. The number of aromatic nitrogens is 4. The van der Waals surface area contributed by atoms with E-state index in [1.54, 1.807) is 12.1 Å². The fourth-order valence-electron chi connectivity index (χ4n) is 2.08. The van der Waals surface area contributed by atoms with Crippen molar-refractivity contribution in [2.45, 2.75) is 13.5 Å². The first-order chi connectivity index (χ1) is 11.9. The molecule has 0 atom stereocenters. The number of thiazole rings is 1. The first-order valence-electron chi connectivity index (χ1n) is 6.99. The van der Waals surface area contributed by atoms with Crippen molar-refractivity contribution in [3.8, 4) is 11.3 Å². The van der Waals surface area contributed by atoms with Gasteiger partial charge in [-0.05, 0) is 36.1 Å². The molecule has 1 amide bonds. The van der Waals surface area contributed by atoms with Crippen LogP contribution in [0.4, 0.5) is 15.5 Å². The third-order valence-electron chi connectivity index (χ3n) is 3.15. The van der Waals surface area contributed by atoms with Crippen molar-refractivity contribution in [1.82, 2.24) is 19.7 Å². The third kappa shape index (κ3) is 3.83. The van der Waals surface area contributed by atoms with Gasteiger partial charge in [0.05, 0.1) is 5.69 Å². The van der Waals surface area contributed by atoms with E-state index in [0.717, 1.165) is 21.4 Å². The number of anilines is 1. The molecule has 0 saturated carbocycles. The van der Waals surface area contributed by atoms with Gasteiger partial charge in [0.2, 0.25) is 12.2 Å². The number of halogens is 1. The number of carbonyl (C=O) groups excluding carboxylic acids is 1. The van der Waals surface area contributed by atoms with E-state index < -0.39 is 16.8 Å². The fourth-order valence-corrected chi connectivity index (χ4v) is 2.93. The van der Waals surface area contributed by atoms with Gasteiger partial charge in [-0.2, -0.15) is 4.68 Å². The summed E-state index contributed by atoms with van der Waals surface area (Å²) in [5, 5.41) is 17.1. The van der Waals surface area contributed by atoms with Gasteiger partial charge in [-0.1, -0.05) is 4.98 Å². The third-order valence-corrected chi connectivity index (χ3v) is 4.04. The van der Waals surface area contributed by atoms with E-state index in [2.05, 4.69) is 20.4 Å². The van der Waals surface area contributed by atoms with E-state index in [9.17, 15) is 19.3 Å². The van der Waals surface area contributed by atoms with Crippen LogP contribution in [0.25, 0.3) is 11.3 Å². The second-order valence-electron chi connectivity index (χ2n) is 4.98. The van der Waals surface area contributed by atoms with Crippen LogP contribution in [0.2, 0.25) is 0 Å². The van der Waals surface area contributed by atoms with E-state index in [1.165, 1.54) is 23.5 Å². The van der Waals surface area contributed by atoms with Crippen LogP contribution < -0.4 is 5.32 Å². The van der Waals surface area contributed by atoms with Gasteiger partial charge < -0.3 is 15.4 Å². The normalized spacial score (nSPS) is 10.6. The Morgan fingerprint density at radius 1 is 1.40 bits per heavy atom. The van der Waals surface area contributed by atoms with Crippen molar-refractivity contribution >= 4 is 28.3 Å². The fraction of sp³-hybridized carbons (Fsp3) is 0.143. The molecule has 3 rings (SSSR count). The number of hydrogen-bond donors (Lipinski definition) is 1. The monoisotopic (exact) mass is 362 g/mol. The van der Waals surface area contributed by atoms with Crippen molar-refractivity contribution in [2.24, 2.45) is 0 Å². The van der Waals surface area contributed by atoms with Gasteiger partial charge >= 0.3 is 5.95 Å². The number of carbonyl (C=O) groups is 1. The van der Waals surface area contributed by atoms with Crippen LogP contribution in [-0.2, 0) is 11.3 Å². The van der Waals surface area contributed by atoms with Crippen LogP contribution in [-0.4, -0.2) is 30.6 Å². The molecule has 0 aliphatic heterocycles. The number of rotatable bonds is 5. The van der Waals surface area contributed by atoms with Gasteiger partial charge in [0.25, 0.3) is 0 Å². The molecule has 0 fully saturated rings. The van der Waals surface area contributed by atoms with Gasteiger partial charge in [-0.25, -0.2) is 9.37 Å². The SMILES string of the molecule is Cc1sc(NC(=O)Cn2cnc([N+](=O)[O-])n2)nc1-c1ccc(F)cc1. The lowest BCUT2D eigenvalue weighted by atomic mass is 10.1. The number of benzene rings is 1. The molecule has 2 heterocycles. The highest BCUT2D eigenvalue weighted by molar-refractivity contribution is 7.16. The molecular formula is C14H11FN6O3S. The molecule has 0 saturated heterocycles. The summed E-state index contributed by atoms with van der Waals surface area (Å²) in [6, 6.07) is 5.89. The summed E-state index contributed by atoms with van der Waals surface area (Å²) in [7, 11) is 0. The molecule has 2 aromatic heterocycles. The maximum absolute atomic E-state index is 13.0. The Morgan fingerprint density at radius 2 is 2.12 bits per heavy atom. The molecule has 25 heavy (non-hydrogen) atoms. The van der Waals surface area contributed by atoms with E-state index in [0.29, 0.717) is 10.8 Å².